The molecule has 126 valence electrons. The normalized spacial score (nSPS) is 13.1. The largest absolute Gasteiger partial charge is 0.480 e. The number of rotatable bonds is 9. The van der Waals surface area contributed by atoms with E-state index in [2.05, 4.69) is 28.6 Å². The lowest BCUT2D eigenvalue weighted by Gasteiger charge is -2.22. The van der Waals surface area contributed by atoms with Crippen LogP contribution >= 0.6 is 12.6 Å². The molecule has 22 heavy (non-hydrogen) atoms. The number of amides is 3. The molecule has 0 saturated carbocycles. The molecule has 0 rings (SSSR count). The molecule has 3 amide bonds. The zero-order chi connectivity index (χ0) is 17.3. The molecule has 0 aliphatic heterocycles. The number of aliphatic carboxylic acids is 1. The van der Waals surface area contributed by atoms with E-state index in [-0.39, 0.29) is 24.8 Å². The van der Waals surface area contributed by atoms with Crippen molar-refractivity contribution in [3.63, 3.8) is 0 Å². The SMILES string of the molecule is CC(C)C(NC(=O)C(CS)NC(=O)CNC(=O)CN)C(=O)O. The molecule has 0 fully saturated rings. The molecule has 0 aromatic heterocycles. The van der Waals surface area contributed by atoms with Crippen LogP contribution in [0.15, 0.2) is 0 Å². The van der Waals surface area contributed by atoms with E-state index in [1.54, 1.807) is 13.8 Å². The van der Waals surface area contributed by atoms with Gasteiger partial charge in [0.05, 0.1) is 13.1 Å². The summed E-state index contributed by atoms with van der Waals surface area (Å²) in [7, 11) is 0. The van der Waals surface area contributed by atoms with Crippen LogP contribution < -0.4 is 21.7 Å². The Kier molecular flexibility index (Phi) is 9.18. The van der Waals surface area contributed by atoms with Gasteiger partial charge in [-0.15, -0.1) is 0 Å². The fourth-order valence-corrected chi connectivity index (χ4v) is 1.72. The van der Waals surface area contributed by atoms with Crippen molar-refractivity contribution in [3.05, 3.63) is 0 Å². The second kappa shape index (κ2) is 10.0. The second-order valence-electron chi connectivity index (χ2n) is 4.85. The maximum atomic E-state index is 12.0. The summed E-state index contributed by atoms with van der Waals surface area (Å²) in [5.74, 6) is -3.27. The number of nitrogens with two attached hydrogens (primary N) is 1. The lowest BCUT2D eigenvalue weighted by Crippen LogP contribution is -2.55. The Balaban J connectivity index is 4.55. The average molecular weight is 334 g/mol. The Morgan fingerprint density at radius 2 is 1.73 bits per heavy atom. The number of nitrogens with one attached hydrogen (secondary N) is 3. The van der Waals surface area contributed by atoms with Crippen LogP contribution in [0.2, 0.25) is 0 Å². The van der Waals surface area contributed by atoms with Gasteiger partial charge in [0.2, 0.25) is 17.7 Å². The predicted octanol–water partition coefficient (Wildman–Crippen LogP) is -2.30. The Labute approximate surface area is 133 Å². The van der Waals surface area contributed by atoms with Gasteiger partial charge < -0.3 is 26.8 Å². The third-order valence-corrected chi connectivity index (χ3v) is 3.06. The van der Waals surface area contributed by atoms with E-state index in [0.29, 0.717) is 0 Å². The highest BCUT2D eigenvalue weighted by Crippen LogP contribution is 2.02. The number of carboxylic acids is 1. The molecule has 0 heterocycles. The van der Waals surface area contributed by atoms with Crippen molar-refractivity contribution in [1.82, 2.24) is 16.0 Å². The number of carboxylic acid groups (broad SMARTS) is 1. The van der Waals surface area contributed by atoms with E-state index < -0.39 is 35.8 Å². The van der Waals surface area contributed by atoms with Crippen molar-refractivity contribution in [2.24, 2.45) is 11.7 Å². The molecule has 0 aromatic rings. The van der Waals surface area contributed by atoms with E-state index in [1.807, 2.05) is 0 Å². The fourth-order valence-electron chi connectivity index (χ4n) is 1.46. The van der Waals surface area contributed by atoms with Gasteiger partial charge in [-0.05, 0) is 5.92 Å². The van der Waals surface area contributed by atoms with Crippen LogP contribution in [0, 0.1) is 5.92 Å². The smallest absolute Gasteiger partial charge is 0.326 e. The lowest BCUT2D eigenvalue weighted by atomic mass is 10.0. The Morgan fingerprint density at radius 1 is 1.14 bits per heavy atom. The topological polar surface area (TPSA) is 151 Å². The minimum atomic E-state index is -1.16. The van der Waals surface area contributed by atoms with Crippen molar-refractivity contribution >= 4 is 36.3 Å². The van der Waals surface area contributed by atoms with E-state index in [1.165, 1.54) is 0 Å². The monoisotopic (exact) mass is 334 g/mol. The Morgan fingerprint density at radius 3 is 2.14 bits per heavy atom. The van der Waals surface area contributed by atoms with Crippen LogP contribution in [0.25, 0.3) is 0 Å². The highest BCUT2D eigenvalue weighted by atomic mass is 32.1. The predicted molar refractivity (Wildman–Crippen MR) is 82.3 cm³/mol. The van der Waals surface area contributed by atoms with Crippen molar-refractivity contribution in [2.75, 3.05) is 18.8 Å². The van der Waals surface area contributed by atoms with E-state index in [0.717, 1.165) is 0 Å². The third kappa shape index (κ3) is 7.27. The molecule has 0 saturated heterocycles. The maximum absolute atomic E-state index is 12.0. The molecule has 0 aliphatic carbocycles. The summed E-state index contributed by atoms with van der Waals surface area (Å²) in [6.45, 7) is 2.71. The summed E-state index contributed by atoms with van der Waals surface area (Å²) in [4.78, 5) is 45.5. The maximum Gasteiger partial charge on any atom is 0.326 e. The summed E-state index contributed by atoms with van der Waals surface area (Å²) < 4.78 is 0. The Bertz CT molecular complexity index is 430. The lowest BCUT2D eigenvalue weighted by molar-refractivity contribution is -0.143. The molecular formula is C12H22N4O5S. The Hall–Kier alpha value is -1.81. The molecule has 2 unspecified atom stereocenters. The van der Waals surface area contributed by atoms with E-state index in [4.69, 9.17) is 10.8 Å². The van der Waals surface area contributed by atoms with Crippen LogP contribution in [0.4, 0.5) is 0 Å². The number of carbonyl (C=O) groups is 4. The highest BCUT2D eigenvalue weighted by molar-refractivity contribution is 7.80. The van der Waals surface area contributed by atoms with Gasteiger partial charge in [-0.2, -0.15) is 12.6 Å². The minimum Gasteiger partial charge on any atom is -0.480 e. The van der Waals surface area contributed by atoms with Crippen LogP contribution in [0.3, 0.4) is 0 Å². The quantitative estimate of drug-likeness (QED) is 0.261. The van der Waals surface area contributed by atoms with E-state index >= 15 is 0 Å². The number of hydrogen-bond acceptors (Lipinski definition) is 6. The van der Waals surface area contributed by atoms with Gasteiger partial charge >= 0.3 is 5.97 Å². The molecule has 0 aliphatic rings. The first kappa shape index (κ1) is 20.2. The summed E-state index contributed by atoms with van der Waals surface area (Å²) in [5, 5.41) is 16.0. The zero-order valence-corrected chi connectivity index (χ0v) is 13.4. The summed E-state index contributed by atoms with van der Waals surface area (Å²) in [5.41, 5.74) is 5.07. The molecule has 0 spiro atoms. The van der Waals surface area contributed by atoms with Gasteiger partial charge in [0.25, 0.3) is 0 Å². The highest BCUT2D eigenvalue weighted by Gasteiger charge is 2.27. The molecule has 9 nitrogen and oxygen atoms in total. The number of thiol groups is 1. The van der Waals surface area contributed by atoms with Gasteiger partial charge in [-0.25, -0.2) is 4.79 Å². The van der Waals surface area contributed by atoms with Crippen molar-refractivity contribution in [3.8, 4) is 0 Å². The molecule has 10 heteroatoms. The van der Waals surface area contributed by atoms with Gasteiger partial charge in [0.1, 0.15) is 12.1 Å². The van der Waals surface area contributed by atoms with Crippen molar-refractivity contribution in [2.45, 2.75) is 25.9 Å². The van der Waals surface area contributed by atoms with Gasteiger partial charge in [0.15, 0.2) is 0 Å². The van der Waals surface area contributed by atoms with E-state index in [9.17, 15) is 19.2 Å². The molecule has 0 aromatic carbocycles. The number of carbonyl (C=O) groups excluding carboxylic acids is 3. The van der Waals surface area contributed by atoms with Gasteiger partial charge in [0, 0.05) is 5.75 Å². The van der Waals surface area contributed by atoms with Crippen molar-refractivity contribution < 1.29 is 24.3 Å². The first-order chi connectivity index (χ1) is 10.2. The minimum absolute atomic E-state index is 0.0210. The molecule has 0 radical (unpaired) electrons. The first-order valence-electron chi connectivity index (χ1n) is 6.63. The van der Waals surface area contributed by atoms with Crippen LogP contribution in [0.1, 0.15) is 13.8 Å². The summed E-state index contributed by atoms with van der Waals surface area (Å²) in [6.07, 6.45) is 0. The standard InChI is InChI=1S/C12H22N4O5S/c1-6(2)10(12(20)21)16-11(19)7(5-22)15-9(18)4-14-8(17)3-13/h6-7,10,22H,3-5,13H2,1-2H3,(H,14,17)(H,15,18)(H,16,19)(H,20,21). The first-order valence-corrected chi connectivity index (χ1v) is 7.26. The average Bonchev–Trinajstić information content (AvgIpc) is 2.46. The molecule has 6 N–H and O–H groups in total. The van der Waals surface area contributed by atoms with Crippen LogP contribution in [-0.4, -0.2) is 59.7 Å². The molecule has 2 atom stereocenters. The zero-order valence-electron chi connectivity index (χ0n) is 12.5. The van der Waals surface area contributed by atoms with Gasteiger partial charge in [-0.3, -0.25) is 14.4 Å². The van der Waals surface area contributed by atoms with Crippen molar-refractivity contribution in [1.29, 1.82) is 0 Å². The second-order valence-corrected chi connectivity index (χ2v) is 5.22. The third-order valence-electron chi connectivity index (χ3n) is 2.70. The van der Waals surface area contributed by atoms with Gasteiger partial charge in [-0.1, -0.05) is 13.8 Å². The van der Waals surface area contributed by atoms with Crippen LogP contribution in [0.5, 0.6) is 0 Å². The molecule has 0 bridgehead atoms. The summed E-state index contributed by atoms with van der Waals surface area (Å²) >= 11 is 3.95. The molecular weight excluding hydrogens is 312 g/mol. The fraction of sp³-hybridized carbons (Fsp3) is 0.667. The summed E-state index contributed by atoms with van der Waals surface area (Å²) in [6, 6.07) is -2.07. The number of hydrogen-bond donors (Lipinski definition) is 6. The van der Waals surface area contributed by atoms with Crippen LogP contribution in [-0.2, 0) is 19.2 Å².